The van der Waals surface area contributed by atoms with Gasteiger partial charge < -0.3 is 4.74 Å². The normalized spacial score (nSPS) is 23.1. The van der Waals surface area contributed by atoms with Gasteiger partial charge in [-0.1, -0.05) is 30.4 Å². The number of amides is 2. The Morgan fingerprint density at radius 2 is 1.84 bits per heavy atom. The van der Waals surface area contributed by atoms with Crippen LogP contribution in [0.3, 0.4) is 0 Å². The van der Waals surface area contributed by atoms with E-state index in [0.717, 1.165) is 4.90 Å². The maximum atomic E-state index is 12.5. The fourth-order valence-electron chi connectivity index (χ4n) is 3.34. The average Bonchev–Trinajstić information content (AvgIpc) is 2.90. The van der Waals surface area contributed by atoms with Crippen molar-refractivity contribution in [1.29, 1.82) is 5.26 Å². The van der Waals surface area contributed by atoms with E-state index in [9.17, 15) is 14.4 Å². The molecule has 0 unspecified atom stereocenters. The van der Waals surface area contributed by atoms with Crippen LogP contribution in [0.4, 0.5) is 0 Å². The Morgan fingerprint density at radius 3 is 2.44 bits per heavy atom. The molecule has 6 nitrogen and oxygen atoms in total. The van der Waals surface area contributed by atoms with E-state index in [0.29, 0.717) is 24.0 Å². The van der Waals surface area contributed by atoms with Crippen molar-refractivity contribution in [3.8, 4) is 6.07 Å². The molecule has 6 heteroatoms. The van der Waals surface area contributed by atoms with E-state index in [1.54, 1.807) is 24.3 Å². The molecule has 25 heavy (non-hydrogen) atoms. The van der Waals surface area contributed by atoms with Crippen molar-refractivity contribution in [3.05, 3.63) is 47.5 Å². The number of fused-ring (bicyclic) bond motifs is 1. The van der Waals surface area contributed by atoms with Crippen LogP contribution in [0.5, 0.6) is 0 Å². The number of likely N-dealkylation sites (tertiary alicyclic amines) is 1. The van der Waals surface area contributed by atoms with Crippen LogP contribution >= 0.6 is 0 Å². The second-order valence-corrected chi connectivity index (χ2v) is 6.25. The molecule has 1 aliphatic heterocycles. The van der Waals surface area contributed by atoms with Crippen molar-refractivity contribution in [2.75, 3.05) is 0 Å². The van der Waals surface area contributed by atoms with Gasteiger partial charge >= 0.3 is 5.97 Å². The van der Waals surface area contributed by atoms with E-state index < -0.39 is 12.0 Å². The number of imide groups is 1. The van der Waals surface area contributed by atoms with Gasteiger partial charge in [0, 0.05) is 5.56 Å². The Hall–Kier alpha value is -2.94. The van der Waals surface area contributed by atoms with Crippen LogP contribution in [0, 0.1) is 23.2 Å². The summed E-state index contributed by atoms with van der Waals surface area (Å²) in [5, 5.41) is 9.06. The molecule has 2 amide bonds. The van der Waals surface area contributed by atoms with Crippen molar-refractivity contribution in [2.45, 2.75) is 32.4 Å². The molecule has 0 N–H and O–H groups in total. The third-order valence-corrected chi connectivity index (χ3v) is 4.78. The van der Waals surface area contributed by atoms with Crippen LogP contribution in [0.2, 0.25) is 0 Å². The molecule has 1 aliphatic carbocycles. The molecule has 0 spiro atoms. The number of carbonyl (C=O) groups is 3. The van der Waals surface area contributed by atoms with E-state index in [1.807, 2.05) is 18.2 Å². The molecule has 0 aromatic heterocycles. The number of nitrogens with zero attached hydrogens (tertiary/aromatic N) is 2. The number of nitriles is 1. The van der Waals surface area contributed by atoms with E-state index in [4.69, 9.17) is 10.00 Å². The van der Waals surface area contributed by atoms with Crippen LogP contribution < -0.4 is 0 Å². The summed E-state index contributed by atoms with van der Waals surface area (Å²) in [5.41, 5.74) is 1.01. The number of ether oxygens (including phenoxy) is 1. The second kappa shape index (κ2) is 6.89. The number of hydrogen-bond acceptors (Lipinski definition) is 5. The zero-order valence-corrected chi connectivity index (χ0v) is 13.8. The van der Waals surface area contributed by atoms with Crippen molar-refractivity contribution in [1.82, 2.24) is 4.90 Å². The van der Waals surface area contributed by atoms with Gasteiger partial charge in [-0.25, -0.2) is 4.79 Å². The summed E-state index contributed by atoms with van der Waals surface area (Å²) in [6.45, 7) is 1.43. The fourth-order valence-corrected chi connectivity index (χ4v) is 3.34. The first-order chi connectivity index (χ1) is 12.0. The molecule has 1 fully saturated rings. The predicted octanol–water partition coefficient (Wildman–Crippen LogP) is 1.94. The third-order valence-electron chi connectivity index (χ3n) is 4.78. The van der Waals surface area contributed by atoms with Gasteiger partial charge in [-0.2, -0.15) is 5.26 Å². The van der Waals surface area contributed by atoms with Crippen LogP contribution in [0.15, 0.2) is 36.4 Å². The molecule has 3 atom stereocenters. The van der Waals surface area contributed by atoms with Gasteiger partial charge in [-0.15, -0.1) is 0 Å². The van der Waals surface area contributed by atoms with Crippen LogP contribution in [0.1, 0.15) is 30.9 Å². The molecule has 1 aromatic carbocycles. The zero-order valence-electron chi connectivity index (χ0n) is 13.8. The van der Waals surface area contributed by atoms with Gasteiger partial charge in [0.25, 0.3) is 0 Å². The van der Waals surface area contributed by atoms with E-state index in [2.05, 4.69) is 0 Å². The van der Waals surface area contributed by atoms with Gasteiger partial charge in [-0.3, -0.25) is 14.5 Å². The maximum Gasteiger partial charge on any atom is 0.329 e. The number of hydrogen-bond donors (Lipinski definition) is 0. The topological polar surface area (TPSA) is 87.5 Å². The molecule has 3 rings (SSSR count). The van der Waals surface area contributed by atoms with Crippen molar-refractivity contribution in [3.63, 3.8) is 0 Å². The van der Waals surface area contributed by atoms with Gasteiger partial charge in [0.05, 0.1) is 23.5 Å². The first-order valence-corrected chi connectivity index (χ1v) is 8.21. The van der Waals surface area contributed by atoms with Crippen LogP contribution in [-0.4, -0.2) is 28.7 Å². The summed E-state index contributed by atoms with van der Waals surface area (Å²) < 4.78 is 5.24. The van der Waals surface area contributed by atoms with Crippen molar-refractivity contribution in [2.24, 2.45) is 11.8 Å². The lowest BCUT2D eigenvalue weighted by Crippen LogP contribution is -2.44. The van der Waals surface area contributed by atoms with Crippen molar-refractivity contribution < 1.29 is 19.1 Å². The molecule has 0 saturated carbocycles. The first kappa shape index (κ1) is 16.9. The number of carbonyl (C=O) groups excluding carboxylic acids is 3. The van der Waals surface area contributed by atoms with E-state index in [-0.39, 0.29) is 30.3 Å². The Balaban J connectivity index is 1.68. The molecule has 1 saturated heterocycles. The molecular formula is C19H18N2O4. The van der Waals surface area contributed by atoms with Crippen LogP contribution in [-0.2, 0) is 25.7 Å². The Kier molecular flexibility index (Phi) is 4.66. The molecule has 0 radical (unpaired) electrons. The SMILES string of the molecule is C[C@@H](C(=O)OCc1ccccc1C#N)N1C(=O)[C@@H]2CC=CC[C@H]2C1=O. The van der Waals surface area contributed by atoms with Gasteiger partial charge in [-0.05, 0) is 25.8 Å². The zero-order chi connectivity index (χ0) is 18.0. The predicted molar refractivity (Wildman–Crippen MR) is 87.6 cm³/mol. The van der Waals surface area contributed by atoms with Gasteiger partial charge in [0.15, 0.2) is 0 Å². The summed E-state index contributed by atoms with van der Waals surface area (Å²) in [6.07, 6.45) is 4.86. The largest absolute Gasteiger partial charge is 0.459 e. The highest BCUT2D eigenvalue weighted by molar-refractivity contribution is 6.08. The Bertz CT molecular complexity index is 767. The smallest absolute Gasteiger partial charge is 0.329 e. The highest BCUT2D eigenvalue weighted by Crippen LogP contribution is 2.36. The minimum atomic E-state index is -0.972. The number of allylic oxidation sites excluding steroid dienone is 2. The standard InChI is InChI=1S/C19H18N2O4/c1-12(19(24)25-11-14-7-3-2-6-13(14)10-20)21-17(22)15-8-4-5-9-16(15)18(21)23/h2-7,12,15-16H,8-9,11H2,1H3/t12-,15+,16+/m0/s1. The fraction of sp³-hybridized carbons (Fsp3) is 0.368. The molecule has 128 valence electrons. The summed E-state index contributed by atoms with van der Waals surface area (Å²) >= 11 is 0. The summed E-state index contributed by atoms with van der Waals surface area (Å²) in [4.78, 5) is 38.4. The summed E-state index contributed by atoms with van der Waals surface area (Å²) in [6, 6.07) is 7.87. The lowest BCUT2D eigenvalue weighted by molar-refractivity contribution is -0.159. The lowest BCUT2D eigenvalue weighted by Gasteiger charge is -2.21. The quantitative estimate of drug-likeness (QED) is 0.476. The minimum Gasteiger partial charge on any atom is -0.459 e. The Morgan fingerprint density at radius 1 is 1.24 bits per heavy atom. The number of rotatable bonds is 4. The molecular weight excluding hydrogens is 320 g/mol. The highest BCUT2D eigenvalue weighted by Gasteiger charge is 2.50. The molecule has 1 aromatic rings. The molecule has 0 bridgehead atoms. The molecule has 2 aliphatic rings. The highest BCUT2D eigenvalue weighted by atomic mass is 16.5. The van der Waals surface area contributed by atoms with E-state index >= 15 is 0 Å². The number of benzene rings is 1. The Labute approximate surface area is 145 Å². The third kappa shape index (κ3) is 3.05. The van der Waals surface area contributed by atoms with E-state index in [1.165, 1.54) is 6.92 Å². The average molecular weight is 338 g/mol. The second-order valence-electron chi connectivity index (χ2n) is 6.25. The minimum absolute atomic E-state index is 0.0719. The van der Waals surface area contributed by atoms with Gasteiger partial charge in [0.1, 0.15) is 12.6 Å². The van der Waals surface area contributed by atoms with Crippen molar-refractivity contribution >= 4 is 17.8 Å². The summed E-state index contributed by atoms with van der Waals surface area (Å²) in [5.74, 6) is -2.00. The first-order valence-electron chi connectivity index (χ1n) is 8.21. The number of esters is 1. The summed E-state index contributed by atoms with van der Waals surface area (Å²) in [7, 11) is 0. The van der Waals surface area contributed by atoms with Crippen LogP contribution in [0.25, 0.3) is 0 Å². The van der Waals surface area contributed by atoms with Gasteiger partial charge in [0.2, 0.25) is 11.8 Å². The maximum absolute atomic E-state index is 12.5. The monoisotopic (exact) mass is 338 g/mol. The lowest BCUT2D eigenvalue weighted by atomic mass is 9.85. The molecule has 1 heterocycles.